The number of rotatable bonds is 2. The van der Waals surface area contributed by atoms with E-state index in [4.69, 9.17) is 11.6 Å². The Bertz CT molecular complexity index is 517. The molecular weight excluding hydrogens is 236 g/mol. The fraction of sp³-hybridized carbons (Fsp3) is 0.333. The molecule has 0 bridgehead atoms. The number of benzene rings is 1. The van der Waals surface area contributed by atoms with Gasteiger partial charge in [-0.2, -0.15) is 0 Å². The van der Waals surface area contributed by atoms with Gasteiger partial charge in [-0.05, 0) is 37.6 Å². The standard InChI is InChI=1S/C12H13ClN4/c13-9-3-1-4-10(7-9)17-8-12(15-16-17)11-5-2-6-14-11/h1,3-4,7-8,11,14H,2,5-6H2/t11-/m1/s1. The van der Waals surface area contributed by atoms with Crippen LogP contribution in [0.1, 0.15) is 24.6 Å². The van der Waals surface area contributed by atoms with Crippen LogP contribution >= 0.6 is 11.6 Å². The zero-order chi connectivity index (χ0) is 11.7. The molecule has 1 aromatic carbocycles. The van der Waals surface area contributed by atoms with Crippen molar-refractivity contribution in [1.29, 1.82) is 0 Å². The number of aromatic nitrogens is 3. The van der Waals surface area contributed by atoms with Crippen LogP contribution in [0.3, 0.4) is 0 Å². The van der Waals surface area contributed by atoms with Crippen molar-refractivity contribution in [2.45, 2.75) is 18.9 Å². The van der Waals surface area contributed by atoms with Crippen LogP contribution in [-0.2, 0) is 0 Å². The van der Waals surface area contributed by atoms with Gasteiger partial charge in [-0.15, -0.1) is 5.10 Å². The first kappa shape index (κ1) is 10.7. The fourth-order valence-corrected chi connectivity index (χ4v) is 2.30. The zero-order valence-electron chi connectivity index (χ0n) is 9.31. The molecule has 5 heteroatoms. The smallest absolute Gasteiger partial charge is 0.100 e. The van der Waals surface area contributed by atoms with E-state index < -0.39 is 0 Å². The molecule has 4 nitrogen and oxygen atoms in total. The second kappa shape index (κ2) is 4.47. The molecule has 0 saturated carbocycles. The zero-order valence-corrected chi connectivity index (χ0v) is 10.1. The highest BCUT2D eigenvalue weighted by Gasteiger charge is 2.19. The highest BCUT2D eigenvalue weighted by Crippen LogP contribution is 2.21. The van der Waals surface area contributed by atoms with Gasteiger partial charge >= 0.3 is 0 Å². The van der Waals surface area contributed by atoms with Crippen molar-refractivity contribution in [3.63, 3.8) is 0 Å². The maximum atomic E-state index is 5.95. The van der Waals surface area contributed by atoms with E-state index in [0.717, 1.165) is 24.3 Å². The predicted molar refractivity (Wildman–Crippen MR) is 66.3 cm³/mol. The van der Waals surface area contributed by atoms with Gasteiger partial charge in [0.2, 0.25) is 0 Å². The Hall–Kier alpha value is -1.39. The Morgan fingerprint density at radius 3 is 3.12 bits per heavy atom. The maximum Gasteiger partial charge on any atom is 0.100 e. The van der Waals surface area contributed by atoms with Gasteiger partial charge in [0.15, 0.2) is 0 Å². The van der Waals surface area contributed by atoms with Crippen molar-refractivity contribution in [3.05, 3.63) is 41.2 Å². The normalized spacial score (nSPS) is 19.7. The van der Waals surface area contributed by atoms with Crippen molar-refractivity contribution < 1.29 is 0 Å². The first-order valence-electron chi connectivity index (χ1n) is 5.74. The van der Waals surface area contributed by atoms with E-state index in [2.05, 4.69) is 15.6 Å². The summed E-state index contributed by atoms with van der Waals surface area (Å²) < 4.78 is 1.77. The molecule has 0 radical (unpaired) electrons. The van der Waals surface area contributed by atoms with Crippen LogP contribution in [0, 0.1) is 0 Å². The highest BCUT2D eigenvalue weighted by molar-refractivity contribution is 6.30. The van der Waals surface area contributed by atoms with Crippen LogP contribution in [0.25, 0.3) is 5.69 Å². The number of hydrogen-bond acceptors (Lipinski definition) is 3. The van der Waals surface area contributed by atoms with Crippen molar-refractivity contribution in [2.75, 3.05) is 6.54 Å². The summed E-state index contributed by atoms with van der Waals surface area (Å²) in [4.78, 5) is 0. The fourth-order valence-electron chi connectivity index (χ4n) is 2.12. The lowest BCUT2D eigenvalue weighted by Crippen LogP contribution is -2.13. The summed E-state index contributed by atoms with van der Waals surface area (Å²) in [5.41, 5.74) is 1.94. The van der Waals surface area contributed by atoms with Gasteiger partial charge in [0.05, 0.1) is 17.9 Å². The molecule has 0 amide bonds. The first-order valence-corrected chi connectivity index (χ1v) is 6.12. The van der Waals surface area contributed by atoms with Gasteiger partial charge in [0.25, 0.3) is 0 Å². The van der Waals surface area contributed by atoms with E-state index in [0.29, 0.717) is 11.1 Å². The lowest BCUT2D eigenvalue weighted by molar-refractivity contribution is 0.625. The maximum absolute atomic E-state index is 5.95. The Labute approximate surface area is 105 Å². The molecule has 1 saturated heterocycles. The molecule has 3 rings (SSSR count). The molecule has 1 fully saturated rings. The molecule has 1 aliphatic rings. The number of nitrogens with one attached hydrogen (secondary N) is 1. The monoisotopic (exact) mass is 248 g/mol. The molecular formula is C12H13ClN4. The van der Waals surface area contributed by atoms with Crippen LogP contribution < -0.4 is 5.32 Å². The van der Waals surface area contributed by atoms with Gasteiger partial charge < -0.3 is 5.32 Å². The molecule has 0 aliphatic carbocycles. The Balaban J connectivity index is 1.89. The first-order chi connectivity index (χ1) is 8.33. The molecule has 0 spiro atoms. The molecule has 2 heterocycles. The van der Waals surface area contributed by atoms with Gasteiger partial charge in [0, 0.05) is 5.02 Å². The van der Waals surface area contributed by atoms with Crippen molar-refractivity contribution >= 4 is 11.6 Å². The third-order valence-corrected chi connectivity index (χ3v) is 3.24. The van der Waals surface area contributed by atoms with Gasteiger partial charge in [0.1, 0.15) is 5.69 Å². The number of nitrogens with zero attached hydrogens (tertiary/aromatic N) is 3. The van der Waals surface area contributed by atoms with Gasteiger partial charge in [-0.25, -0.2) is 4.68 Å². The van der Waals surface area contributed by atoms with Crippen LogP contribution in [0.5, 0.6) is 0 Å². The summed E-state index contributed by atoms with van der Waals surface area (Å²) >= 11 is 5.95. The minimum atomic E-state index is 0.350. The van der Waals surface area contributed by atoms with E-state index in [1.165, 1.54) is 6.42 Å². The molecule has 1 aromatic heterocycles. The van der Waals surface area contributed by atoms with Crippen LogP contribution in [0.15, 0.2) is 30.5 Å². The summed E-state index contributed by atoms with van der Waals surface area (Å²) in [5.74, 6) is 0. The van der Waals surface area contributed by atoms with Gasteiger partial charge in [-0.3, -0.25) is 0 Å². The number of halogens is 1. The molecule has 88 valence electrons. The second-order valence-corrected chi connectivity index (χ2v) is 4.65. The third-order valence-electron chi connectivity index (χ3n) is 3.00. The topological polar surface area (TPSA) is 42.7 Å². The summed E-state index contributed by atoms with van der Waals surface area (Å²) in [6, 6.07) is 7.95. The lowest BCUT2D eigenvalue weighted by atomic mass is 10.2. The molecule has 1 aliphatic heterocycles. The third kappa shape index (κ3) is 2.18. The van der Waals surface area contributed by atoms with Crippen LogP contribution in [0.4, 0.5) is 0 Å². The second-order valence-electron chi connectivity index (χ2n) is 4.22. The molecule has 1 N–H and O–H groups in total. The molecule has 2 aromatic rings. The van der Waals surface area contributed by atoms with E-state index in [9.17, 15) is 0 Å². The number of hydrogen-bond donors (Lipinski definition) is 1. The summed E-state index contributed by atoms with van der Waals surface area (Å²) in [6.07, 6.45) is 4.30. The van der Waals surface area contributed by atoms with Crippen LogP contribution in [0.2, 0.25) is 5.02 Å². The molecule has 17 heavy (non-hydrogen) atoms. The Kier molecular flexibility index (Phi) is 2.82. The van der Waals surface area contributed by atoms with E-state index >= 15 is 0 Å². The average Bonchev–Trinajstić information content (AvgIpc) is 3.00. The Morgan fingerprint density at radius 2 is 2.35 bits per heavy atom. The quantitative estimate of drug-likeness (QED) is 0.887. The van der Waals surface area contributed by atoms with Crippen LogP contribution in [-0.4, -0.2) is 21.5 Å². The molecule has 0 unspecified atom stereocenters. The Morgan fingerprint density at radius 1 is 1.41 bits per heavy atom. The lowest BCUT2D eigenvalue weighted by Gasteiger charge is -2.04. The van der Waals surface area contributed by atoms with Gasteiger partial charge in [-0.1, -0.05) is 22.9 Å². The minimum absolute atomic E-state index is 0.350. The molecule has 1 atom stereocenters. The average molecular weight is 249 g/mol. The largest absolute Gasteiger partial charge is 0.309 e. The summed E-state index contributed by atoms with van der Waals surface area (Å²) in [5, 5.41) is 12.5. The van der Waals surface area contributed by atoms with Crippen molar-refractivity contribution in [2.24, 2.45) is 0 Å². The van der Waals surface area contributed by atoms with E-state index in [1.54, 1.807) is 4.68 Å². The summed E-state index contributed by atoms with van der Waals surface area (Å²) in [7, 11) is 0. The SMILES string of the molecule is Clc1cccc(-n2cc([C@H]3CCCN3)nn2)c1. The van der Waals surface area contributed by atoms with Crippen molar-refractivity contribution in [1.82, 2.24) is 20.3 Å². The van der Waals surface area contributed by atoms with E-state index in [1.807, 2.05) is 30.5 Å². The highest BCUT2D eigenvalue weighted by atomic mass is 35.5. The van der Waals surface area contributed by atoms with E-state index in [-0.39, 0.29) is 0 Å². The predicted octanol–water partition coefficient (Wildman–Crippen LogP) is 2.35. The summed E-state index contributed by atoms with van der Waals surface area (Å²) in [6.45, 7) is 1.06. The minimum Gasteiger partial charge on any atom is -0.309 e. The van der Waals surface area contributed by atoms with Crippen molar-refractivity contribution in [3.8, 4) is 5.69 Å².